The van der Waals surface area contributed by atoms with Crippen LogP contribution in [0.3, 0.4) is 0 Å². The largest absolute Gasteiger partial charge is 0.491 e. The first-order valence-electron chi connectivity index (χ1n) is 5.35. The fourth-order valence-corrected chi connectivity index (χ4v) is 1.16. The Hall–Kier alpha value is -1.10. The summed E-state index contributed by atoms with van der Waals surface area (Å²) in [5, 5.41) is 8.53. The molecule has 0 aromatic heterocycles. The smallest absolute Gasteiger partial charge is 0.155 e. The van der Waals surface area contributed by atoms with Gasteiger partial charge in [0.25, 0.3) is 0 Å². The summed E-state index contributed by atoms with van der Waals surface area (Å²) in [6.07, 6.45) is -0.313. The van der Waals surface area contributed by atoms with Crippen molar-refractivity contribution in [2.45, 2.75) is 13.2 Å². The van der Waals surface area contributed by atoms with Crippen molar-refractivity contribution in [2.24, 2.45) is 0 Å². The molecule has 16 heavy (non-hydrogen) atoms. The fourth-order valence-electron chi connectivity index (χ4n) is 1.16. The molecule has 1 atom stereocenters. The zero-order valence-electron chi connectivity index (χ0n) is 9.46. The van der Waals surface area contributed by atoms with Gasteiger partial charge in [-0.05, 0) is 19.1 Å². The molecule has 0 aliphatic heterocycles. The minimum Gasteiger partial charge on any atom is -0.491 e. The van der Waals surface area contributed by atoms with Crippen molar-refractivity contribution in [1.29, 1.82) is 0 Å². The lowest BCUT2D eigenvalue weighted by Gasteiger charge is -2.13. The molecule has 0 saturated carbocycles. The van der Waals surface area contributed by atoms with Gasteiger partial charge in [0.05, 0.1) is 19.8 Å². The van der Waals surface area contributed by atoms with E-state index in [4.69, 9.17) is 19.3 Å². The van der Waals surface area contributed by atoms with Crippen molar-refractivity contribution in [3.05, 3.63) is 30.3 Å². The lowest BCUT2D eigenvalue weighted by Crippen LogP contribution is -2.18. The van der Waals surface area contributed by atoms with Crippen LogP contribution in [0.25, 0.3) is 0 Å². The molecule has 4 nitrogen and oxygen atoms in total. The minimum atomic E-state index is -0.313. The Morgan fingerprint density at radius 1 is 1.06 bits per heavy atom. The van der Waals surface area contributed by atoms with E-state index in [0.717, 1.165) is 5.75 Å². The van der Waals surface area contributed by atoms with Gasteiger partial charge >= 0.3 is 0 Å². The van der Waals surface area contributed by atoms with Crippen LogP contribution in [0.2, 0.25) is 0 Å². The summed E-state index contributed by atoms with van der Waals surface area (Å²) in [6.45, 7) is 3.03. The zero-order chi connectivity index (χ0) is 11.6. The summed E-state index contributed by atoms with van der Waals surface area (Å²) in [7, 11) is 0. The maximum Gasteiger partial charge on any atom is 0.155 e. The summed E-state index contributed by atoms with van der Waals surface area (Å²) in [5.74, 6) is 0.829. The number of para-hydroxylation sites is 1. The third kappa shape index (κ3) is 5.70. The highest BCUT2D eigenvalue weighted by atomic mass is 16.7. The van der Waals surface area contributed by atoms with Gasteiger partial charge in [0, 0.05) is 0 Å². The molecule has 1 aromatic rings. The second kappa shape index (κ2) is 8.10. The Bertz CT molecular complexity index is 263. The third-order valence-electron chi connectivity index (χ3n) is 1.89. The van der Waals surface area contributed by atoms with E-state index in [0.29, 0.717) is 19.8 Å². The molecule has 0 fully saturated rings. The van der Waals surface area contributed by atoms with Gasteiger partial charge in [-0.3, -0.25) is 0 Å². The van der Waals surface area contributed by atoms with Gasteiger partial charge < -0.3 is 19.3 Å². The third-order valence-corrected chi connectivity index (χ3v) is 1.89. The molecule has 0 spiro atoms. The van der Waals surface area contributed by atoms with Crippen molar-refractivity contribution in [2.75, 3.05) is 26.4 Å². The molecule has 0 saturated heterocycles. The summed E-state index contributed by atoms with van der Waals surface area (Å²) < 4.78 is 15.9. The van der Waals surface area contributed by atoms with Crippen LogP contribution in [-0.2, 0) is 9.47 Å². The Labute approximate surface area is 95.8 Å². The highest BCUT2D eigenvalue weighted by Gasteiger charge is 2.00. The first-order chi connectivity index (χ1) is 7.83. The highest BCUT2D eigenvalue weighted by molar-refractivity contribution is 5.20. The Kier molecular flexibility index (Phi) is 6.56. The summed E-state index contributed by atoms with van der Waals surface area (Å²) in [5.41, 5.74) is 0. The molecule has 0 heterocycles. The van der Waals surface area contributed by atoms with E-state index in [2.05, 4.69) is 0 Å². The Morgan fingerprint density at radius 2 is 1.75 bits per heavy atom. The van der Waals surface area contributed by atoms with Crippen LogP contribution < -0.4 is 4.74 Å². The predicted molar refractivity (Wildman–Crippen MR) is 60.4 cm³/mol. The maximum atomic E-state index is 8.53. The molecule has 0 radical (unpaired) electrons. The molecule has 90 valence electrons. The van der Waals surface area contributed by atoms with Gasteiger partial charge in [-0.25, -0.2) is 0 Å². The average Bonchev–Trinajstić information content (AvgIpc) is 2.33. The molecule has 0 aliphatic rings. The van der Waals surface area contributed by atoms with Crippen LogP contribution in [0.4, 0.5) is 0 Å². The van der Waals surface area contributed by atoms with E-state index >= 15 is 0 Å². The number of rotatable bonds is 8. The van der Waals surface area contributed by atoms with Crippen LogP contribution in [0.1, 0.15) is 6.92 Å². The first-order valence-corrected chi connectivity index (χ1v) is 5.35. The summed E-state index contributed by atoms with van der Waals surface area (Å²) in [4.78, 5) is 0. The maximum absolute atomic E-state index is 8.53. The lowest BCUT2D eigenvalue weighted by atomic mass is 10.3. The molecule has 1 rings (SSSR count). The first kappa shape index (κ1) is 13.0. The van der Waals surface area contributed by atoms with Gasteiger partial charge in [-0.15, -0.1) is 0 Å². The number of benzene rings is 1. The zero-order valence-corrected chi connectivity index (χ0v) is 9.46. The van der Waals surface area contributed by atoms with E-state index in [1.54, 1.807) is 6.92 Å². The summed E-state index contributed by atoms with van der Waals surface area (Å²) in [6, 6.07) is 9.57. The lowest BCUT2D eigenvalue weighted by molar-refractivity contribution is -0.139. The average molecular weight is 226 g/mol. The molecule has 1 aromatic carbocycles. The van der Waals surface area contributed by atoms with Crippen LogP contribution in [-0.4, -0.2) is 37.8 Å². The minimum absolute atomic E-state index is 0.00815. The van der Waals surface area contributed by atoms with E-state index in [-0.39, 0.29) is 12.9 Å². The molecule has 0 amide bonds. The van der Waals surface area contributed by atoms with E-state index in [1.807, 2.05) is 30.3 Å². The Morgan fingerprint density at radius 3 is 2.44 bits per heavy atom. The second-order valence-electron chi connectivity index (χ2n) is 3.19. The molecule has 0 aliphatic carbocycles. The molecular formula is C12H18O4. The van der Waals surface area contributed by atoms with Crippen LogP contribution >= 0.6 is 0 Å². The Balaban J connectivity index is 2.03. The van der Waals surface area contributed by atoms with E-state index < -0.39 is 0 Å². The van der Waals surface area contributed by atoms with Gasteiger partial charge in [-0.2, -0.15) is 0 Å². The molecule has 1 unspecified atom stereocenters. The van der Waals surface area contributed by atoms with E-state index in [1.165, 1.54) is 0 Å². The molecular weight excluding hydrogens is 208 g/mol. The van der Waals surface area contributed by atoms with Crippen molar-refractivity contribution in [3.8, 4) is 5.75 Å². The number of aliphatic hydroxyl groups excluding tert-OH is 1. The predicted octanol–water partition coefficient (Wildman–Crippen LogP) is 1.44. The number of aliphatic hydroxyl groups is 1. The van der Waals surface area contributed by atoms with Crippen LogP contribution in [0.15, 0.2) is 30.3 Å². The van der Waals surface area contributed by atoms with Gasteiger partial charge in [0.15, 0.2) is 6.29 Å². The quantitative estimate of drug-likeness (QED) is 0.538. The summed E-state index contributed by atoms with van der Waals surface area (Å²) >= 11 is 0. The monoisotopic (exact) mass is 226 g/mol. The normalized spacial score (nSPS) is 12.4. The molecule has 4 heteroatoms. The SMILES string of the molecule is CC(OCCO)OCCOc1ccccc1. The van der Waals surface area contributed by atoms with Crippen molar-refractivity contribution >= 4 is 0 Å². The van der Waals surface area contributed by atoms with Crippen molar-refractivity contribution in [3.63, 3.8) is 0 Å². The van der Waals surface area contributed by atoms with Crippen LogP contribution in [0, 0.1) is 0 Å². The number of hydrogen-bond acceptors (Lipinski definition) is 4. The van der Waals surface area contributed by atoms with E-state index in [9.17, 15) is 0 Å². The standard InChI is InChI=1S/C12H18O4/c1-11(14-8-7-13)15-9-10-16-12-5-3-2-4-6-12/h2-6,11,13H,7-10H2,1H3. The topological polar surface area (TPSA) is 47.9 Å². The van der Waals surface area contributed by atoms with Gasteiger partial charge in [0.1, 0.15) is 12.4 Å². The fraction of sp³-hybridized carbons (Fsp3) is 0.500. The van der Waals surface area contributed by atoms with Crippen molar-refractivity contribution in [1.82, 2.24) is 0 Å². The highest BCUT2D eigenvalue weighted by Crippen LogP contribution is 2.07. The second-order valence-corrected chi connectivity index (χ2v) is 3.19. The van der Waals surface area contributed by atoms with Gasteiger partial charge in [0.2, 0.25) is 0 Å². The van der Waals surface area contributed by atoms with Gasteiger partial charge in [-0.1, -0.05) is 18.2 Å². The van der Waals surface area contributed by atoms with Crippen LogP contribution in [0.5, 0.6) is 5.75 Å². The van der Waals surface area contributed by atoms with Crippen molar-refractivity contribution < 1.29 is 19.3 Å². The molecule has 1 N–H and O–H groups in total. The number of ether oxygens (including phenoxy) is 3. The number of hydrogen-bond donors (Lipinski definition) is 1. The molecule has 0 bridgehead atoms.